The lowest BCUT2D eigenvalue weighted by Gasteiger charge is -2.12. The molecule has 9 heteroatoms. The first-order valence-electron chi connectivity index (χ1n) is 10.7. The predicted molar refractivity (Wildman–Crippen MR) is 129 cm³/mol. The van der Waals surface area contributed by atoms with Crippen LogP contribution in [-0.2, 0) is 6.42 Å². The minimum absolute atomic E-state index is 0.362. The number of hydrogen-bond acceptors (Lipinski definition) is 6. The number of ether oxygens (including phenoxy) is 2. The zero-order valence-electron chi connectivity index (χ0n) is 18.9. The quantitative estimate of drug-likeness (QED) is 0.248. The second-order valence-corrected chi connectivity index (χ2v) is 7.12. The molecule has 33 heavy (non-hydrogen) atoms. The highest BCUT2D eigenvalue weighted by atomic mass is 16.5. The number of anilines is 1. The number of benzene rings is 2. The minimum Gasteiger partial charge on any atom is -0.497 e. The van der Waals surface area contributed by atoms with Crippen LogP contribution in [0.15, 0.2) is 59.6 Å². The van der Waals surface area contributed by atoms with E-state index in [2.05, 4.69) is 26.8 Å². The van der Waals surface area contributed by atoms with Crippen molar-refractivity contribution in [3.63, 3.8) is 0 Å². The topological polar surface area (TPSA) is 123 Å². The lowest BCUT2D eigenvalue weighted by Crippen LogP contribution is -2.39. The van der Waals surface area contributed by atoms with E-state index in [9.17, 15) is 5.26 Å². The molecule has 0 amide bonds. The largest absolute Gasteiger partial charge is 0.497 e. The molecular formula is C24H29N7O2. The van der Waals surface area contributed by atoms with Gasteiger partial charge in [0.15, 0.2) is 5.96 Å². The molecule has 0 saturated carbocycles. The molecule has 0 aliphatic rings. The van der Waals surface area contributed by atoms with Gasteiger partial charge in [-0.25, -0.2) is 4.68 Å². The first-order valence-corrected chi connectivity index (χ1v) is 10.7. The number of guanidine groups is 1. The fraction of sp³-hybridized carbons (Fsp3) is 0.292. The molecule has 0 aliphatic heterocycles. The van der Waals surface area contributed by atoms with Gasteiger partial charge >= 0.3 is 0 Å². The molecule has 3 aromatic rings. The summed E-state index contributed by atoms with van der Waals surface area (Å²) in [5.41, 5.74) is 8.11. The number of nitriles is 1. The van der Waals surface area contributed by atoms with Crippen LogP contribution < -0.4 is 25.8 Å². The van der Waals surface area contributed by atoms with Crippen LogP contribution in [0.5, 0.6) is 11.5 Å². The van der Waals surface area contributed by atoms with Crippen LogP contribution in [0.4, 0.5) is 5.82 Å². The summed E-state index contributed by atoms with van der Waals surface area (Å²) in [6.07, 6.45) is 1.39. The van der Waals surface area contributed by atoms with Gasteiger partial charge in [0.25, 0.3) is 0 Å². The Morgan fingerprint density at radius 3 is 2.45 bits per heavy atom. The van der Waals surface area contributed by atoms with E-state index in [4.69, 9.17) is 15.2 Å². The van der Waals surface area contributed by atoms with Crippen LogP contribution in [0.2, 0.25) is 0 Å². The minimum atomic E-state index is 0.362. The van der Waals surface area contributed by atoms with Crippen LogP contribution in [0.25, 0.3) is 5.69 Å². The Morgan fingerprint density at radius 2 is 1.79 bits per heavy atom. The normalized spacial score (nSPS) is 11.0. The Hall–Kier alpha value is -4.19. The number of aromatic nitrogens is 2. The molecule has 1 aromatic heterocycles. The molecule has 3 rings (SSSR count). The van der Waals surface area contributed by atoms with Crippen molar-refractivity contribution in [2.45, 2.75) is 12.8 Å². The highest BCUT2D eigenvalue weighted by Crippen LogP contribution is 2.21. The molecule has 0 unspecified atom stereocenters. The standard InChI is InChI=1S/C24H29N7O2/c1-27-24(29-15-16-33-20-12-10-19(32-2)11-13-20)28-14-6-9-22-21(17-25)23(26)31(30-22)18-7-4-3-5-8-18/h3-5,7-8,10-13H,6,9,14-16,26H2,1-2H3,(H2,27,28,29). The fourth-order valence-corrected chi connectivity index (χ4v) is 3.23. The van der Waals surface area contributed by atoms with Gasteiger partial charge in [-0.15, -0.1) is 0 Å². The first-order chi connectivity index (χ1) is 16.2. The molecule has 2 aromatic carbocycles. The summed E-state index contributed by atoms with van der Waals surface area (Å²) in [6, 6.07) is 19.2. The summed E-state index contributed by atoms with van der Waals surface area (Å²) < 4.78 is 12.5. The Labute approximate surface area is 193 Å². The Kier molecular flexibility index (Phi) is 8.54. The van der Waals surface area contributed by atoms with E-state index in [-0.39, 0.29) is 0 Å². The summed E-state index contributed by atoms with van der Waals surface area (Å²) in [5, 5.41) is 20.6. The maximum absolute atomic E-state index is 9.53. The molecule has 0 bridgehead atoms. The van der Waals surface area contributed by atoms with E-state index >= 15 is 0 Å². The lowest BCUT2D eigenvalue weighted by molar-refractivity contribution is 0.321. The monoisotopic (exact) mass is 447 g/mol. The van der Waals surface area contributed by atoms with Gasteiger partial charge < -0.3 is 25.8 Å². The molecule has 0 saturated heterocycles. The maximum Gasteiger partial charge on any atom is 0.191 e. The maximum atomic E-state index is 9.53. The third kappa shape index (κ3) is 6.40. The summed E-state index contributed by atoms with van der Waals surface area (Å²) in [7, 11) is 3.35. The van der Waals surface area contributed by atoms with E-state index in [0.29, 0.717) is 49.2 Å². The Morgan fingerprint density at radius 1 is 1.09 bits per heavy atom. The van der Waals surface area contributed by atoms with Crippen LogP contribution >= 0.6 is 0 Å². The summed E-state index contributed by atoms with van der Waals surface area (Å²) in [6.45, 7) is 1.76. The molecule has 172 valence electrons. The van der Waals surface area contributed by atoms with Crippen molar-refractivity contribution < 1.29 is 9.47 Å². The first kappa shape index (κ1) is 23.5. The second kappa shape index (κ2) is 12.0. The van der Waals surface area contributed by atoms with Crippen molar-refractivity contribution in [2.75, 3.05) is 39.6 Å². The van der Waals surface area contributed by atoms with Gasteiger partial charge in [0.1, 0.15) is 35.6 Å². The molecule has 1 heterocycles. The zero-order valence-corrected chi connectivity index (χ0v) is 18.9. The molecular weight excluding hydrogens is 418 g/mol. The van der Waals surface area contributed by atoms with Crippen LogP contribution in [-0.4, -0.2) is 49.6 Å². The fourth-order valence-electron chi connectivity index (χ4n) is 3.23. The summed E-state index contributed by atoms with van der Waals surface area (Å²) in [5.74, 6) is 2.62. The number of aliphatic imine (C=N–C) groups is 1. The molecule has 9 nitrogen and oxygen atoms in total. The Balaban J connectivity index is 1.42. The Bertz CT molecular complexity index is 1090. The molecule has 4 N–H and O–H groups in total. The number of nitrogens with two attached hydrogens (primary N) is 1. The predicted octanol–water partition coefficient (Wildman–Crippen LogP) is 2.51. The number of nitrogens with zero attached hydrogens (tertiary/aromatic N) is 4. The van der Waals surface area contributed by atoms with Crippen molar-refractivity contribution in [3.8, 4) is 23.3 Å². The van der Waals surface area contributed by atoms with Crippen molar-refractivity contribution in [2.24, 2.45) is 4.99 Å². The number of nitrogen functional groups attached to an aromatic ring is 1. The van der Waals surface area contributed by atoms with Gasteiger partial charge in [-0.1, -0.05) is 18.2 Å². The molecule has 0 aliphatic carbocycles. The molecule has 0 fully saturated rings. The van der Waals surface area contributed by atoms with Crippen molar-refractivity contribution in [1.82, 2.24) is 20.4 Å². The van der Waals surface area contributed by atoms with Crippen molar-refractivity contribution >= 4 is 11.8 Å². The third-order valence-electron chi connectivity index (χ3n) is 4.94. The number of para-hydroxylation sites is 1. The van der Waals surface area contributed by atoms with Gasteiger partial charge in [0, 0.05) is 13.6 Å². The number of hydrogen-bond donors (Lipinski definition) is 3. The van der Waals surface area contributed by atoms with Gasteiger partial charge in [-0.05, 0) is 49.2 Å². The molecule has 0 radical (unpaired) electrons. The summed E-state index contributed by atoms with van der Waals surface area (Å²) >= 11 is 0. The SMILES string of the molecule is CN=C(NCCCc1nn(-c2ccccc2)c(N)c1C#N)NCCOc1ccc(OC)cc1. The molecule has 0 atom stereocenters. The van der Waals surface area contributed by atoms with E-state index < -0.39 is 0 Å². The highest BCUT2D eigenvalue weighted by Gasteiger charge is 2.16. The highest BCUT2D eigenvalue weighted by molar-refractivity contribution is 5.79. The lowest BCUT2D eigenvalue weighted by atomic mass is 10.1. The van der Waals surface area contributed by atoms with E-state index in [1.807, 2.05) is 54.6 Å². The van der Waals surface area contributed by atoms with Crippen molar-refractivity contribution in [3.05, 3.63) is 65.9 Å². The number of methoxy groups -OCH3 is 1. The van der Waals surface area contributed by atoms with Gasteiger partial charge in [0.2, 0.25) is 0 Å². The average molecular weight is 448 g/mol. The van der Waals surface area contributed by atoms with Gasteiger partial charge in [-0.3, -0.25) is 4.99 Å². The smallest absolute Gasteiger partial charge is 0.191 e. The average Bonchev–Trinajstić information content (AvgIpc) is 3.18. The van der Waals surface area contributed by atoms with Crippen LogP contribution in [0.1, 0.15) is 17.7 Å². The zero-order chi connectivity index (χ0) is 23.5. The van der Waals surface area contributed by atoms with E-state index in [0.717, 1.165) is 23.6 Å². The van der Waals surface area contributed by atoms with Gasteiger partial charge in [-0.2, -0.15) is 10.4 Å². The number of rotatable bonds is 10. The summed E-state index contributed by atoms with van der Waals surface area (Å²) in [4.78, 5) is 4.22. The molecule has 0 spiro atoms. The van der Waals surface area contributed by atoms with Gasteiger partial charge in [0.05, 0.1) is 25.0 Å². The van der Waals surface area contributed by atoms with Crippen LogP contribution in [0.3, 0.4) is 0 Å². The number of aryl methyl sites for hydroxylation is 1. The van der Waals surface area contributed by atoms with E-state index in [1.54, 1.807) is 18.8 Å². The second-order valence-electron chi connectivity index (χ2n) is 7.12. The number of nitrogens with one attached hydrogen (secondary N) is 2. The third-order valence-corrected chi connectivity index (χ3v) is 4.94. The van der Waals surface area contributed by atoms with E-state index in [1.165, 1.54) is 0 Å². The van der Waals surface area contributed by atoms with Crippen molar-refractivity contribution in [1.29, 1.82) is 5.26 Å². The van der Waals surface area contributed by atoms with Crippen LogP contribution in [0, 0.1) is 11.3 Å².